The van der Waals surface area contributed by atoms with Gasteiger partial charge < -0.3 is 15.5 Å². The standard InChI is InChI=1S/C18H20ClN3/c1-14(15-6-8-16(19)9-7-15)21-10-12-22(13-11-21)18-5-3-2-4-17(18)20/h2-9H,1,10-13,20H2. The maximum atomic E-state index is 6.07. The second kappa shape index (κ2) is 6.32. The third-order valence-corrected chi connectivity index (χ3v) is 4.37. The molecule has 2 N–H and O–H groups in total. The van der Waals surface area contributed by atoms with Crippen molar-refractivity contribution in [2.24, 2.45) is 0 Å². The molecule has 0 spiro atoms. The first kappa shape index (κ1) is 14.8. The van der Waals surface area contributed by atoms with Gasteiger partial charge in [-0.3, -0.25) is 0 Å². The van der Waals surface area contributed by atoms with Crippen molar-refractivity contribution in [3.8, 4) is 0 Å². The minimum Gasteiger partial charge on any atom is -0.397 e. The highest BCUT2D eigenvalue weighted by molar-refractivity contribution is 6.30. The molecule has 0 unspecified atom stereocenters. The molecule has 3 rings (SSSR count). The van der Waals surface area contributed by atoms with Crippen LogP contribution in [0.5, 0.6) is 0 Å². The van der Waals surface area contributed by atoms with Crippen molar-refractivity contribution in [1.82, 2.24) is 4.90 Å². The Balaban J connectivity index is 1.65. The van der Waals surface area contributed by atoms with E-state index in [4.69, 9.17) is 17.3 Å². The van der Waals surface area contributed by atoms with Crippen molar-refractivity contribution in [2.45, 2.75) is 0 Å². The molecular formula is C18H20ClN3. The van der Waals surface area contributed by atoms with Gasteiger partial charge >= 0.3 is 0 Å². The van der Waals surface area contributed by atoms with Crippen LogP contribution in [0, 0.1) is 0 Å². The van der Waals surface area contributed by atoms with Gasteiger partial charge in [0, 0.05) is 36.9 Å². The molecule has 0 aliphatic carbocycles. The number of rotatable bonds is 3. The van der Waals surface area contributed by atoms with Gasteiger partial charge in [0.25, 0.3) is 0 Å². The van der Waals surface area contributed by atoms with Crippen LogP contribution in [-0.4, -0.2) is 31.1 Å². The molecule has 22 heavy (non-hydrogen) atoms. The van der Waals surface area contributed by atoms with Crippen molar-refractivity contribution >= 4 is 28.7 Å². The molecule has 2 aromatic carbocycles. The predicted octanol–water partition coefficient (Wildman–Crippen LogP) is 3.72. The summed E-state index contributed by atoms with van der Waals surface area (Å²) < 4.78 is 0. The number of hydrogen-bond acceptors (Lipinski definition) is 3. The van der Waals surface area contributed by atoms with Crippen LogP contribution in [-0.2, 0) is 0 Å². The Kier molecular flexibility index (Phi) is 4.25. The van der Waals surface area contributed by atoms with E-state index in [9.17, 15) is 0 Å². The molecule has 0 saturated carbocycles. The van der Waals surface area contributed by atoms with E-state index in [1.165, 1.54) is 0 Å². The Morgan fingerprint density at radius 2 is 1.59 bits per heavy atom. The fourth-order valence-electron chi connectivity index (χ4n) is 2.82. The Bertz CT molecular complexity index is 658. The lowest BCUT2D eigenvalue weighted by atomic mass is 10.1. The van der Waals surface area contributed by atoms with Crippen LogP contribution in [0.15, 0.2) is 55.1 Å². The average Bonchev–Trinajstić information content (AvgIpc) is 2.56. The van der Waals surface area contributed by atoms with Crippen LogP contribution in [0.25, 0.3) is 5.70 Å². The number of nitrogen functional groups attached to an aromatic ring is 1. The lowest BCUT2D eigenvalue weighted by molar-refractivity contribution is 0.368. The lowest BCUT2D eigenvalue weighted by Crippen LogP contribution is -2.45. The molecule has 4 heteroatoms. The third-order valence-electron chi connectivity index (χ3n) is 4.12. The summed E-state index contributed by atoms with van der Waals surface area (Å²) in [5.41, 5.74) is 10.2. The Labute approximate surface area is 136 Å². The van der Waals surface area contributed by atoms with E-state index >= 15 is 0 Å². The molecule has 1 aliphatic rings. The molecule has 0 aromatic heterocycles. The first-order chi connectivity index (χ1) is 10.6. The van der Waals surface area contributed by atoms with Gasteiger partial charge in [-0.2, -0.15) is 0 Å². The Hall–Kier alpha value is -2.13. The number of nitrogens with zero attached hydrogens (tertiary/aromatic N) is 2. The monoisotopic (exact) mass is 313 g/mol. The number of hydrogen-bond donors (Lipinski definition) is 1. The highest BCUT2D eigenvalue weighted by atomic mass is 35.5. The summed E-state index contributed by atoms with van der Waals surface area (Å²) in [7, 11) is 0. The average molecular weight is 314 g/mol. The summed E-state index contributed by atoms with van der Waals surface area (Å²) in [4.78, 5) is 4.65. The van der Waals surface area contributed by atoms with Crippen LogP contribution in [0.3, 0.4) is 0 Å². The van der Waals surface area contributed by atoms with E-state index in [0.717, 1.165) is 53.8 Å². The van der Waals surface area contributed by atoms with Crippen LogP contribution >= 0.6 is 11.6 Å². The lowest BCUT2D eigenvalue weighted by Gasteiger charge is -2.38. The fourth-order valence-corrected chi connectivity index (χ4v) is 2.94. The Morgan fingerprint density at radius 1 is 0.955 bits per heavy atom. The zero-order valence-electron chi connectivity index (χ0n) is 12.5. The maximum absolute atomic E-state index is 6.07. The highest BCUT2D eigenvalue weighted by Gasteiger charge is 2.19. The van der Waals surface area contributed by atoms with Gasteiger partial charge in [0.05, 0.1) is 11.4 Å². The second-order valence-electron chi connectivity index (χ2n) is 5.49. The summed E-state index contributed by atoms with van der Waals surface area (Å²) in [5, 5.41) is 0.751. The topological polar surface area (TPSA) is 32.5 Å². The van der Waals surface area contributed by atoms with Crippen molar-refractivity contribution < 1.29 is 0 Å². The summed E-state index contributed by atoms with van der Waals surface area (Å²) in [5.74, 6) is 0. The zero-order chi connectivity index (χ0) is 15.5. The molecule has 1 fully saturated rings. The van der Waals surface area contributed by atoms with Gasteiger partial charge in [0.1, 0.15) is 0 Å². The molecular weight excluding hydrogens is 294 g/mol. The zero-order valence-corrected chi connectivity index (χ0v) is 13.3. The van der Waals surface area contributed by atoms with Gasteiger partial charge in [-0.25, -0.2) is 0 Å². The van der Waals surface area contributed by atoms with Gasteiger partial charge in [0.2, 0.25) is 0 Å². The van der Waals surface area contributed by atoms with Crippen LogP contribution in [0.4, 0.5) is 11.4 Å². The molecule has 1 heterocycles. The van der Waals surface area contributed by atoms with Gasteiger partial charge in [-0.1, -0.05) is 42.4 Å². The summed E-state index contributed by atoms with van der Waals surface area (Å²) >= 11 is 5.94. The van der Waals surface area contributed by atoms with Crippen LogP contribution < -0.4 is 10.6 Å². The largest absolute Gasteiger partial charge is 0.397 e. The quantitative estimate of drug-likeness (QED) is 0.877. The molecule has 2 aromatic rings. The fraction of sp³-hybridized carbons (Fsp3) is 0.222. The summed E-state index contributed by atoms with van der Waals surface area (Å²) in [6, 6.07) is 15.9. The molecule has 0 bridgehead atoms. The molecule has 3 nitrogen and oxygen atoms in total. The minimum absolute atomic E-state index is 0.751. The van der Waals surface area contributed by atoms with Crippen molar-refractivity contribution in [3.05, 3.63) is 65.7 Å². The smallest absolute Gasteiger partial charge is 0.0601 e. The molecule has 1 aliphatic heterocycles. The SMILES string of the molecule is C=C(c1ccc(Cl)cc1)N1CCN(c2ccccc2N)CC1. The van der Waals surface area contributed by atoms with Gasteiger partial charge in [0.15, 0.2) is 0 Å². The molecule has 114 valence electrons. The summed E-state index contributed by atoms with van der Waals surface area (Å²) in [6.07, 6.45) is 0. The van der Waals surface area contributed by atoms with Crippen molar-refractivity contribution in [2.75, 3.05) is 36.8 Å². The van der Waals surface area contributed by atoms with Crippen LogP contribution in [0.1, 0.15) is 5.56 Å². The number of benzene rings is 2. The molecule has 0 amide bonds. The minimum atomic E-state index is 0.751. The summed E-state index contributed by atoms with van der Waals surface area (Å²) in [6.45, 7) is 8.00. The van der Waals surface area contributed by atoms with Gasteiger partial charge in [-0.15, -0.1) is 0 Å². The highest BCUT2D eigenvalue weighted by Crippen LogP contribution is 2.26. The van der Waals surface area contributed by atoms with E-state index in [0.29, 0.717) is 0 Å². The third kappa shape index (κ3) is 3.04. The number of piperazine rings is 1. The normalized spacial score (nSPS) is 15.0. The first-order valence-corrected chi connectivity index (χ1v) is 7.82. The van der Waals surface area contributed by atoms with Crippen molar-refractivity contribution in [1.29, 1.82) is 0 Å². The maximum Gasteiger partial charge on any atom is 0.0601 e. The van der Waals surface area contributed by atoms with E-state index < -0.39 is 0 Å². The molecule has 0 atom stereocenters. The Morgan fingerprint density at radius 3 is 2.23 bits per heavy atom. The van der Waals surface area contributed by atoms with E-state index in [1.54, 1.807) is 0 Å². The van der Waals surface area contributed by atoms with Crippen LogP contribution in [0.2, 0.25) is 5.02 Å². The van der Waals surface area contributed by atoms with Gasteiger partial charge in [-0.05, 0) is 29.8 Å². The van der Waals surface area contributed by atoms with E-state index in [-0.39, 0.29) is 0 Å². The molecule has 1 saturated heterocycles. The number of anilines is 2. The van der Waals surface area contributed by atoms with E-state index in [2.05, 4.69) is 22.4 Å². The first-order valence-electron chi connectivity index (χ1n) is 7.44. The number of nitrogens with two attached hydrogens (primary N) is 1. The predicted molar refractivity (Wildman–Crippen MR) is 95.1 cm³/mol. The second-order valence-corrected chi connectivity index (χ2v) is 5.92. The number of halogens is 1. The van der Waals surface area contributed by atoms with E-state index in [1.807, 2.05) is 42.5 Å². The molecule has 0 radical (unpaired) electrons. The number of para-hydroxylation sites is 2. The van der Waals surface area contributed by atoms with Crippen molar-refractivity contribution in [3.63, 3.8) is 0 Å².